The predicted octanol–water partition coefficient (Wildman–Crippen LogP) is -2.46. The number of aliphatic hydroxyl groups excluding tert-OH is 2. The molecule has 4 N–H and O–H groups in total. The van der Waals surface area contributed by atoms with Crippen LogP contribution in [0.15, 0.2) is 21.9 Å². The van der Waals surface area contributed by atoms with E-state index in [4.69, 9.17) is 9.84 Å². The van der Waals surface area contributed by atoms with E-state index in [1.807, 2.05) is 4.98 Å². The summed E-state index contributed by atoms with van der Waals surface area (Å²) in [7, 11) is 0. The van der Waals surface area contributed by atoms with Crippen molar-refractivity contribution >= 4 is 0 Å². The first-order valence-corrected chi connectivity index (χ1v) is 5.86. The van der Waals surface area contributed by atoms with Gasteiger partial charge in [0.1, 0.15) is 12.2 Å². The number of aromatic nitrogens is 2. The van der Waals surface area contributed by atoms with Gasteiger partial charge in [-0.1, -0.05) is 5.92 Å². The third-order valence-electron chi connectivity index (χ3n) is 3.09. The summed E-state index contributed by atoms with van der Waals surface area (Å²) in [6.45, 7) is 0.896. The SMILES string of the molecule is CC#CC1(O)C(O)C(CO)OC1n1ccc(=O)[nH]c1=O. The Morgan fingerprint density at radius 2 is 2.25 bits per heavy atom. The van der Waals surface area contributed by atoms with Gasteiger partial charge < -0.3 is 20.1 Å². The molecule has 1 aromatic rings. The molecule has 20 heavy (non-hydrogen) atoms. The maximum Gasteiger partial charge on any atom is 0.330 e. The molecule has 0 spiro atoms. The lowest BCUT2D eigenvalue weighted by Crippen LogP contribution is -2.48. The molecule has 0 radical (unpaired) electrons. The molecule has 0 amide bonds. The van der Waals surface area contributed by atoms with Crippen LogP contribution in [-0.2, 0) is 4.74 Å². The Morgan fingerprint density at radius 3 is 2.80 bits per heavy atom. The molecule has 4 unspecified atom stereocenters. The van der Waals surface area contributed by atoms with E-state index in [1.165, 1.54) is 6.92 Å². The Morgan fingerprint density at radius 1 is 1.55 bits per heavy atom. The number of nitrogens with one attached hydrogen (secondary N) is 1. The van der Waals surface area contributed by atoms with Crippen LogP contribution in [0.5, 0.6) is 0 Å². The molecule has 108 valence electrons. The van der Waals surface area contributed by atoms with Gasteiger partial charge in [0.05, 0.1) is 6.61 Å². The van der Waals surface area contributed by atoms with Gasteiger partial charge in [-0.15, -0.1) is 5.92 Å². The molecule has 2 rings (SSSR count). The van der Waals surface area contributed by atoms with Gasteiger partial charge in [-0.2, -0.15) is 0 Å². The summed E-state index contributed by atoms with van der Waals surface area (Å²) in [5, 5.41) is 29.6. The topological polar surface area (TPSA) is 125 Å². The average Bonchev–Trinajstić information content (AvgIpc) is 2.63. The largest absolute Gasteiger partial charge is 0.394 e. The molecule has 4 atom stereocenters. The summed E-state index contributed by atoms with van der Waals surface area (Å²) < 4.78 is 6.19. The quantitative estimate of drug-likeness (QED) is 0.446. The molecule has 8 nitrogen and oxygen atoms in total. The number of H-pyrrole nitrogens is 1. The predicted molar refractivity (Wildman–Crippen MR) is 66.7 cm³/mol. The van der Waals surface area contributed by atoms with E-state index in [2.05, 4.69) is 11.8 Å². The van der Waals surface area contributed by atoms with E-state index in [0.717, 1.165) is 16.8 Å². The van der Waals surface area contributed by atoms with Crippen molar-refractivity contribution in [2.24, 2.45) is 0 Å². The molecule has 1 saturated heterocycles. The average molecular weight is 282 g/mol. The number of hydrogen-bond donors (Lipinski definition) is 4. The second-order valence-corrected chi connectivity index (χ2v) is 4.37. The molecule has 0 aliphatic carbocycles. The van der Waals surface area contributed by atoms with E-state index in [0.29, 0.717) is 0 Å². The highest BCUT2D eigenvalue weighted by molar-refractivity contribution is 5.22. The fourth-order valence-corrected chi connectivity index (χ4v) is 2.14. The zero-order chi connectivity index (χ0) is 14.9. The normalized spacial score (nSPS) is 32.7. The molecule has 1 aliphatic rings. The van der Waals surface area contributed by atoms with Crippen LogP contribution in [0.3, 0.4) is 0 Å². The lowest BCUT2D eigenvalue weighted by atomic mass is 9.94. The maximum atomic E-state index is 11.7. The van der Waals surface area contributed by atoms with Gasteiger partial charge >= 0.3 is 5.69 Å². The van der Waals surface area contributed by atoms with Crippen molar-refractivity contribution in [2.75, 3.05) is 6.61 Å². The smallest absolute Gasteiger partial charge is 0.330 e. The first kappa shape index (κ1) is 14.5. The van der Waals surface area contributed by atoms with E-state index in [9.17, 15) is 19.8 Å². The zero-order valence-corrected chi connectivity index (χ0v) is 10.6. The van der Waals surface area contributed by atoms with E-state index in [-0.39, 0.29) is 0 Å². The molecule has 0 saturated carbocycles. The molecule has 0 bridgehead atoms. The standard InChI is InChI=1S/C12H14N2O6/c1-2-4-12(19)9(17)7(6-15)20-10(12)14-5-3-8(16)13-11(14)18/h3,5,7,9-10,15,17,19H,6H2,1H3,(H,13,16,18). The van der Waals surface area contributed by atoms with E-state index in [1.54, 1.807) is 0 Å². The molecule has 2 heterocycles. The Balaban J connectivity index is 2.55. The lowest BCUT2D eigenvalue weighted by molar-refractivity contribution is -0.0765. The Bertz CT molecular complexity index is 669. The fourth-order valence-electron chi connectivity index (χ4n) is 2.14. The van der Waals surface area contributed by atoms with Crippen LogP contribution in [0.2, 0.25) is 0 Å². The highest BCUT2D eigenvalue weighted by atomic mass is 16.6. The highest BCUT2D eigenvalue weighted by Gasteiger charge is 2.55. The van der Waals surface area contributed by atoms with Crippen LogP contribution in [-0.4, -0.2) is 49.3 Å². The van der Waals surface area contributed by atoms with Crippen molar-refractivity contribution in [3.8, 4) is 11.8 Å². The van der Waals surface area contributed by atoms with Crippen molar-refractivity contribution in [1.29, 1.82) is 0 Å². The van der Waals surface area contributed by atoms with E-state index >= 15 is 0 Å². The number of nitrogens with zero attached hydrogens (tertiary/aromatic N) is 1. The van der Waals surface area contributed by atoms with Crippen LogP contribution in [0.4, 0.5) is 0 Å². The lowest BCUT2D eigenvalue weighted by Gasteiger charge is -2.26. The summed E-state index contributed by atoms with van der Waals surface area (Å²) in [5.41, 5.74) is -3.48. The van der Waals surface area contributed by atoms with Crippen LogP contribution < -0.4 is 11.2 Å². The number of aromatic amines is 1. The number of aliphatic hydroxyl groups is 3. The number of hydrogen-bond acceptors (Lipinski definition) is 6. The first-order valence-electron chi connectivity index (χ1n) is 5.86. The van der Waals surface area contributed by atoms with Crippen LogP contribution in [0.25, 0.3) is 0 Å². The minimum Gasteiger partial charge on any atom is -0.394 e. The van der Waals surface area contributed by atoms with Crippen molar-refractivity contribution in [1.82, 2.24) is 9.55 Å². The Labute approximate surface area is 113 Å². The second-order valence-electron chi connectivity index (χ2n) is 4.37. The molecule has 0 aromatic carbocycles. The van der Waals surface area contributed by atoms with Crippen LogP contribution in [0, 0.1) is 11.8 Å². The number of ether oxygens (including phenoxy) is 1. The summed E-state index contributed by atoms with van der Waals surface area (Å²) >= 11 is 0. The van der Waals surface area contributed by atoms with Gasteiger partial charge in [0.25, 0.3) is 5.56 Å². The third kappa shape index (κ3) is 2.17. The molecule has 1 aliphatic heterocycles. The molecular formula is C12H14N2O6. The summed E-state index contributed by atoms with van der Waals surface area (Å²) in [6, 6.07) is 1.07. The van der Waals surface area contributed by atoms with Crippen molar-refractivity contribution in [3.05, 3.63) is 33.1 Å². The number of rotatable bonds is 2. The first-order chi connectivity index (χ1) is 9.43. The van der Waals surface area contributed by atoms with Gasteiger partial charge in [0.2, 0.25) is 0 Å². The Kier molecular flexibility index (Phi) is 3.78. The maximum absolute atomic E-state index is 11.7. The van der Waals surface area contributed by atoms with Crippen LogP contribution in [0.1, 0.15) is 13.2 Å². The zero-order valence-electron chi connectivity index (χ0n) is 10.6. The molecule has 1 aromatic heterocycles. The van der Waals surface area contributed by atoms with Gasteiger partial charge in [0, 0.05) is 12.3 Å². The van der Waals surface area contributed by atoms with Gasteiger partial charge in [-0.25, -0.2) is 4.79 Å². The van der Waals surface area contributed by atoms with Gasteiger partial charge in [0.15, 0.2) is 11.8 Å². The van der Waals surface area contributed by atoms with Crippen LogP contribution >= 0.6 is 0 Å². The van der Waals surface area contributed by atoms with Crippen molar-refractivity contribution in [2.45, 2.75) is 31.0 Å². The van der Waals surface area contributed by atoms with Crippen molar-refractivity contribution in [3.63, 3.8) is 0 Å². The molecular weight excluding hydrogens is 268 g/mol. The summed E-state index contributed by atoms with van der Waals surface area (Å²) in [4.78, 5) is 24.8. The Hall–Kier alpha value is -1.92. The molecule has 8 heteroatoms. The highest BCUT2D eigenvalue weighted by Crippen LogP contribution is 2.37. The minimum absolute atomic E-state index is 0.552. The van der Waals surface area contributed by atoms with E-state index < -0.39 is 41.9 Å². The van der Waals surface area contributed by atoms with Gasteiger partial charge in [-0.3, -0.25) is 14.3 Å². The monoisotopic (exact) mass is 282 g/mol. The fraction of sp³-hybridized carbons (Fsp3) is 0.500. The minimum atomic E-state index is -2.07. The molecule has 1 fully saturated rings. The summed E-state index contributed by atoms with van der Waals surface area (Å²) in [5.74, 6) is 4.84. The summed E-state index contributed by atoms with van der Waals surface area (Å²) in [6.07, 6.45) is -2.81. The third-order valence-corrected chi connectivity index (χ3v) is 3.09. The van der Waals surface area contributed by atoms with Crippen molar-refractivity contribution < 1.29 is 20.1 Å². The second kappa shape index (κ2) is 5.22. The van der Waals surface area contributed by atoms with Gasteiger partial charge in [-0.05, 0) is 6.92 Å².